The topological polar surface area (TPSA) is 184 Å². The smallest absolute Gasteiger partial charge is 0.335 e. The van der Waals surface area contributed by atoms with E-state index in [2.05, 4.69) is 25.6 Å². The lowest BCUT2D eigenvalue weighted by atomic mass is 9.85. The van der Waals surface area contributed by atoms with E-state index >= 15 is 0 Å². The molecule has 7 rings (SSSR count). The number of nitrogens with zero attached hydrogens (tertiary/aromatic N) is 4. The van der Waals surface area contributed by atoms with Crippen molar-refractivity contribution in [2.75, 3.05) is 13.2 Å². The molecule has 1 saturated carbocycles. The molecule has 3 amide bonds. The number of carboxylic acids is 1. The molecule has 14 heteroatoms. The molecule has 2 aliphatic rings. The summed E-state index contributed by atoms with van der Waals surface area (Å²) in [4.78, 5) is 68.6. The number of rotatable bonds is 19. The Balaban J connectivity index is 0.820. The molecule has 1 saturated heterocycles. The van der Waals surface area contributed by atoms with Crippen molar-refractivity contribution < 1.29 is 34.1 Å². The molecule has 1 aliphatic heterocycles. The number of carbonyl (C=O) groups excluding carboxylic acids is 3. The number of amides is 3. The summed E-state index contributed by atoms with van der Waals surface area (Å²) in [6.45, 7) is 8.52. The third kappa shape index (κ3) is 11.9. The van der Waals surface area contributed by atoms with Gasteiger partial charge in [0, 0.05) is 42.9 Å². The van der Waals surface area contributed by atoms with E-state index in [9.17, 15) is 29.4 Å². The number of aliphatic hydroxyl groups is 1. The summed E-state index contributed by atoms with van der Waals surface area (Å²) >= 11 is 1.58. The van der Waals surface area contributed by atoms with Crippen molar-refractivity contribution in [3.63, 3.8) is 0 Å². The van der Waals surface area contributed by atoms with Crippen LogP contribution in [0.5, 0.6) is 5.75 Å². The van der Waals surface area contributed by atoms with E-state index in [0.717, 1.165) is 113 Å². The molecule has 3 unspecified atom stereocenters. The highest BCUT2D eigenvalue weighted by atomic mass is 32.1. The molecular formula is C51H62N6O7S. The van der Waals surface area contributed by atoms with Gasteiger partial charge < -0.3 is 30.5 Å². The van der Waals surface area contributed by atoms with Crippen LogP contribution in [0, 0.1) is 12.3 Å². The van der Waals surface area contributed by atoms with Crippen molar-refractivity contribution in [3.8, 4) is 27.4 Å². The van der Waals surface area contributed by atoms with Crippen molar-refractivity contribution in [3.05, 3.63) is 94.9 Å². The zero-order chi connectivity index (χ0) is 46.1. The van der Waals surface area contributed by atoms with Gasteiger partial charge in [0.15, 0.2) is 0 Å². The fourth-order valence-electron chi connectivity index (χ4n) is 9.13. The van der Waals surface area contributed by atoms with E-state index < -0.39 is 29.6 Å². The zero-order valence-corrected chi connectivity index (χ0v) is 38.8. The first kappa shape index (κ1) is 47.2. The molecule has 65 heavy (non-hydrogen) atoms. The number of aromatic carboxylic acids is 1. The fourth-order valence-corrected chi connectivity index (χ4v) is 9.95. The number of likely N-dealkylation sites (tertiary alicyclic amines) is 1. The number of hydrogen-bond donors (Lipinski definition) is 4. The highest BCUT2D eigenvalue weighted by molar-refractivity contribution is 7.13. The Morgan fingerprint density at radius 1 is 0.892 bits per heavy atom. The van der Waals surface area contributed by atoms with Gasteiger partial charge in [-0.3, -0.25) is 14.4 Å². The third-order valence-corrected chi connectivity index (χ3v) is 13.7. The molecule has 13 nitrogen and oxygen atoms in total. The Bertz CT molecular complexity index is 2460. The number of carboxylic acid groups (broad SMARTS) is 1. The first-order valence-corrected chi connectivity index (χ1v) is 23.9. The van der Waals surface area contributed by atoms with E-state index in [4.69, 9.17) is 4.74 Å². The maximum absolute atomic E-state index is 14.0. The zero-order valence-electron chi connectivity index (χ0n) is 38.0. The van der Waals surface area contributed by atoms with Crippen molar-refractivity contribution >= 4 is 45.9 Å². The van der Waals surface area contributed by atoms with Crippen LogP contribution in [0.1, 0.15) is 131 Å². The largest absolute Gasteiger partial charge is 0.494 e. The second-order valence-electron chi connectivity index (χ2n) is 18.7. The Kier molecular flexibility index (Phi) is 15.6. The number of ether oxygens (including phenoxy) is 1. The summed E-state index contributed by atoms with van der Waals surface area (Å²) in [5, 5.41) is 27.2. The van der Waals surface area contributed by atoms with Crippen LogP contribution in [0.2, 0.25) is 0 Å². The van der Waals surface area contributed by atoms with Crippen LogP contribution in [0.15, 0.2) is 72.5 Å². The van der Waals surface area contributed by atoms with E-state index in [1.807, 2.05) is 87.8 Å². The predicted octanol–water partition coefficient (Wildman–Crippen LogP) is 9.00. The summed E-state index contributed by atoms with van der Waals surface area (Å²) in [5.74, 6) is -0.824. The molecule has 3 atom stereocenters. The van der Waals surface area contributed by atoms with Crippen LogP contribution in [0.4, 0.5) is 0 Å². The minimum absolute atomic E-state index is 0.0282. The number of aromatic nitrogens is 3. The quantitative estimate of drug-likeness (QED) is 0.0584. The predicted molar refractivity (Wildman–Crippen MR) is 253 cm³/mol. The van der Waals surface area contributed by atoms with Crippen molar-refractivity contribution in [1.29, 1.82) is 0 Å². The number of hydrogen-bond acceptors (Lipinski definition) is 10. The minimum atomic E-state index is -0.897. The minimum Gasteiger partial charge on any atom is -0.494 e. The van der Waals surface area contributed by atoms with Crippen molar-refractivity contribution in [2.45, 2.75) is 135 Å². The molecule has 2 aromatic heterocycles. The molecule has 344 valence electrons. The van der Waals surface area contributed by atoms with E-state index in [1.165, 1.54) is 4.90 Å². The van der Waals surface area contributed by atoms with Gasteiger partial charge >= 0.3 is 5.97 Å². The molecule has 1 aliphatic carbocycles. The van der Waals surface area contributed by atoms with Gasteiger partial charge in [-0.2, -0.15) is 0 Å². The summed E-state index contributed by atoms with van der Waals surface area (Å²) < 4.78 is 6.09. The molecule has 5 aromatic rings. The van der Waals surface area contributed by atoms with Gasteiger partial charge in [-0.1, -0.05) is 89.6 Å². The highest BCUT2D eigenvalue weighted by Crippen LogP contribution is 2.39. The normalized spacial score (nSPS) is 17.0. The molecule has 2 fully saturated rings. The lowest BCUT2D eigenvalue weighted by molar-refractivity contribution is -0.144. The lowest BCUT2D eigenvalue weighted by Gasteiger charge is -2.35. The van der Waals surface area contributed by atoms with Gasteiger partial charge in [0.2, 0.25) is 17.7 Å². The van der Waals surface area contributed by atoms with Crippen LogP contribution in [-0.2, 0) is 20.9 Å². The van der Waals surface area contributed by atoms with Crippen LogP contribution in [0.25, 0.3) is 32.6 Å². The summed E-state index contributed by atoms with van der Waals surface area (Å²) in [7, 11) is 0. The average molecular weight is 903 g/mol. The van der Waals surface area contributed by atoms with E-state index in [-0.39, 0.29) is 43.1 Å². The maximum atomic E-state index is 14.0. The number of unbranched alkanes of at least 4 members (excludes halogenated alkanes) is 5. The molecule has 0 spiro atoms. The van der Waals surface area contributed by atoms with Gasteiger partial charge in [-0.25, -0.2) is 19.7 Å². The maximum Gasteiger partial charge on any atom is 0.335 e. The fraction of sp³-hybridized carbons (Fsp3) is 0.471. The Morgan fingerprint density at radius 3 is 2.32 bits per heavy atom. The Labute approximate surface area is 385 Å². The standard InChI is InChI=1S/C51H62N6O7S/c1-32-46(65-31-55-32)35-18-16-33(17-19-35)28-52-48(60)43-26-37(58)29-57(43)49(61)47(51(2,3)4)56-44(59)15-9-7-5-6-8-12-24-64-38-21-23-40-42(27-38)53-30-54-45(40)36-20-22-39(50(62)63)41(25-36)34-13-10-11-14-34/h16-23,25,27,30-31,34,37,43,47,58H,5-15,24,26,28-29H2,1-4H3,(H,52,60)(H,56,59)(H,62,63). The number of fused-ring (bicyclic) bond motifs is 1. The SMILES string of the molecule is Cc1ncsc1-c1ccc(CNC(=O)C2CC(O)CN2C(=O)C(NC(=O)CCCCCCCCOc2ccc3c(-c4ccc(C(=O)O)c(C5CCCC5)c4)ncnc3c2)C(C)(C)C)cc1. The summed E-state index contributed by atoms with van der Waals surface area (Å²) in [6, 6.07) is 17.6. The lowest BCUT2D eigenvalue weighted by Crippen LogP contribution is -2.57. The van der Waals surface area contributed by atoms with Gasteiger partial charge in [-0.15, -0.1) is 11.3 Å². The molecule has 4 N–H and O–H groups in total. The number of thiazole rings is 1. The number of carbonyl (C=O) groups is 4. The van der Waals surface area contributed by atoms with Crippen LogP contribution in [-0.4, -0.2) is 85.1 Å². The van der Waals surface area contributed by atoms with Gasteiger partial charge in [0.1, 0.15) is 24.2 Å². The summed E-state index contributed by atoms with van der Waals surface area (Å²) in [5.41, 5.74) is 7.82. The van der Waals surface area contributed by atoms with Gasteiger partial charge in [0.05, 0.1) is 45.6 Å². The van der Waals surface area contributed by atoms with Gasteiger partial charge in [0.25, 0.3) is 0 Å². The first-order chi connectivity index (χ1) is 31.3. The van der Waals surface area contributed by atoms with Crippen LogP contribution < -0.4 is 15.4 Å². The van der Waals surface area contributed by atoms with Gasteiger partial charge in [-0.05, 0) is 84.9 Å². The second-order valence-corrected chi connectivity index (χ2v) is 19.5. The van der Waals surface area contributed by atoms with Crippen LogP contribution in [0.3, 0.4) is 0 Å². The number of aliphatic hydroxyl groups excluding tert-OH is 1. The number of aryl methyl sites for hydroxylation is 1. The number of β-amino-alcohol motifs (C(OH)–C–C–N with tert-alkyl or cyclic N) is 1. The molecule has 0 bridgehead atoms. The van der Waals surface area contributed by atoms with E-state index in [0.29, 0.717) is 25.0 Å². The highest BCUT2D eigenvalue weighted by Gasteiger charge is 2.44. The first-order valence-electron chi connectivity index (χ1n) is 23.1. The third-order valence-electron chi connectivity index (χ3n) is 12.7. The monoisotopic (exact) mass is 902 g/mol. The van der Waals surface area contributed by atoms with Crippen molar-refractivity contribution in [2.24, 2.45) is 5.41 Å². The second kappa shape index (κ2) is 21.5. The molecule has 0 radical (unpaired) electrons. The molecule has 3 aromatic carbocycles. The Hall–Kier alpha value is -5.73. The Morgan fingerprint density at radius 2 is 1.62 bits per heavy atom. The number of nitrogens with one attached hydrogen (secondary N) is 2. The molecular weight excluding hydrogens is 841 g/mol. The summed E-state index contributed by atoms with van der Waals surface area (Å²) in [6.07, 6.45) is 10.8. The van der Waals surface area contributed by atoms with Crippen LogP contribution >= 0.6 is 11.3 Å². The molecule has 3 heterocycles. The average Bonchev–Trinajstić information content (AvgIpc) is 4.08. The van der Waals surface area contributed by atoms with E-state index in [1.54, 1.807) is 23.7 Å². The number of benzene rings is 3. The van der Waals surface area contributed by atoms with Crippen molar-refractivity contribution in [1.82, 2.24) is 30.5 Å².